The van der Waals surface area contributed by atoms with Crippen LogP contribution in [0.1, 0.15) is 252 Å². The zero-order valence-electron chi connectivity index (χ0n) is 41.3. The van der Waals surface area contributed by atoms with Crippen molar-refractivity contribution in [1.29, 1.82) is 0 Å². The Morgan fingerprint density at radius 1 is 0.333 bits per heavy atom. The summed E-state index contributed by atoms with van der Waals surface area (Å²) in [6.07, 6.45) is 64.6. The van der Waals surface area contributed by atoms with Crippen LogP contribution in [0.2, 0.25) is 0 Å². The van der Waals surface area contributed by atoms with Gasteiger partial charge in [-0.25, -0.2) is 0 Å². The molecule has 0 aliphatic rings. The molecule has 362 valence electrons. The fourth-order valence-corrected chi connectivity index (χ4v) is 7.19. The minimum absolute atomic E-state index is 0.102. The number of allylic oxidation sites excluding steroid dienone is 12. The second-order valence-electron chi connectivity index (χ2n) is 17.5. The highest BCUT2D eigenvalue weighted by atomic mass is 16.6. The molecule has 1 unspecified atom stereocenters. The third kappa shape index (κ3) is 49.7. The van der Waals surface area contributed by atoms with Crippen molar-refractivity contribution in [1.82, 2.24) is 0 Å². The molecule has 0 saturated heterocycles. The first-order valence-corrected chi connectivity index (χ1v) is 26.5. The zero-order valence-corrected chi connectivity index (χ0v) is 41.3. The van der Waals surface area contributed by atoms with Gasteiger partial charge in [-0.05, 0) is 83.5 Å². The van der Waals surface area contributed by atoms with Gasteiger partial charge in [0, 0.05) is 19.3 Å². The Balaban J connectivity index is 4.50. The first-order valence-electron chi connectivity index (χ1n) is 26.5. The third-order valence-corrected chi connectivity index (χ3v) is 11.2. The van der Waals surface area contributed by atoms with Crippen LogP contribution < -0.4 is 0 Å². The van der Waals surface area contributed by atoms with Gasteiger partial charge in [0.05, 0.1) is 0 Å². The van der Waals surface area contributed by atoms with Crippen molar-refractivity contribution in [2.45, 2.75) is 258 Å². The summed E-state index contributed by atoms with van der Waals surface area (Å²) in [6, 6.07) is 0. The van der Waals surface area contributed by atoms with Crippen molar-refractivity contribution in [3.8, 4) is 0 Å². The zero-order chi connectivity index (χ0) is 45.8. The number of carbonyl (C=O) groups excluding carboxylic acids is 3. The standard InChI is InChI=1S/C57H98O6/c1-4-7-10-13-16-19-22-25-27-29-31-32-35-38-41-44-47-50-56(59)62-53-54(52-61-55(58)49-46-43-40-37-34-24-21-18-15-12-9-6-3)63-57(60)51-48-45-42-39-36-33-30-28-26-23-20-17-14-11-8-5-2/h16,19,25,27-28,30-33,36,38,41,54H,4-15,17-18,20-24,26,29,34-35,37,39-40,42-53H2,1-3H3/b19-16-,27-25-,30-28-,32-31-,36-33-,41-38-. The number of esters is 3. The van der Waals surface area contributed by atoms with E-state index in [1.54, 1.807) is 0 Å². The summed E-state index contributed by atoms with van der Waals surface area (Å²) in [5.74, 6) is -0.984. The van der Waals surface area contributed by atoms with E-state index in [1.807, 2.05) is 0 Å². The molecule has 6 heteroatoms. The third-order valence-electron chi connectivity index (χ3n) is 11.2. The highest BCUT2D eigenvalue weighted by Gasteiger charge is 2.19. The van der Waals surface area contributed by atoms with Crippen LogP contribution in [0, 0.1) is 0 Å². The maximum Gasteiger partial charge on any atom is 0.306 e. The maximum atomic E-state index is 12.8. The van der Waals surface area contributed by atoms with Crippen molar-refractivity contribution in [2.24, 2.45) is 0 Å². The SMILES string of the molecule is CCCCC/C=C\C/C=C\C/C=C\C/C=C\CCCC(=O)OCC(COC(=O)CCCCCCCCCCCCCC)OC(=O)CCCCC/C=C\C=C/CCCCCCCCC. The van der Waals surface area contributed by atoms with E-state index < -0.39 is 6.10 Å². The summed E-state index contributed by atoms with van der Waals surface area (Å²) in [6.45, 7) is 6.53. The van der Waals surface area contributed by atoms with Gasteiger partial charge in [-0.2, -0.15) is 0 Å². The fourth-order valence-electron chi connectivity index (χ4n) is 7.19. The van der Waals surface area contributed by atoms with Crippen LogP contribution >= 0.6 is 0 Å². The molecule has 0 N–H and O–H groups in total. The largest absolute Gasteiger partial charge is 0.462 e. The first-order chi connectivity index (χ1) is 31.0. The van der Waals surface area contributed by atoms with Gasteiger partial charge in [-0.3, -0.25) is 14.4 Å². The Morgan fingerprint density at radius 2 is 0.635 bits per heavy atom. The van der Waals surface area contributed by atoms with Crippen LogP contribution in [0.3, 0.4) is 0 Å². The molecule has 0 aromatic carbocycles. The molecule has 1 atom stereocenters. The van der Waals surface area contributed by atoms with E-state index in [4.69, 9.17) is 14.2 Å². The molecule has 0 radical (unpaired) electrons. The van der Waals surface area contributed by atoms with E-state index in [9.17, 15) is 14.4 Å². The second-order valence-corrected chi connectivity index (χ2v) is 17.5. The number of carbonyl (C=O) groups is 3. The van der Waals surface area contributed by atoms with Gasteiger partial charge in [0.15, 0.2) is 6.10 Å². The Hall–Kier alpha value is -3.15. The molecule has 0 aromatic rings. The quantitative estimate of drug-likeness (QED) is 0.0199. The molecule has 6 nitrogen and oxygen atoms in total. The lowest BCUT2D eigenvalue weighted by Gasteiger charge is -2.18. The lowest BCUT2D eigenvalue weighted by atomic mass is 10.0. The number of ether oxygens (including phenoxy) is 3. The summed E-state index contributed by atoms with van der Waals surface area (Å²) < 4.78 is 16.7. The molecule has 63 heavy (non-hydrogen) atoms. The summed E-state index contributed by atoms with van der Waals surface area (Å²) in [4.78, 5) is 38.0. The smallest absolute Gasteiger partial charge is 0.306 e. The van der Waals surface area contributed by atoms with E-state index in [-0.39, 0.29) is 44.0 Å². The van der Waals surface area contributed by atoms with Crippen LogP contribution in [-0.2, 0) is 28.6 Å². The van der Waals surface area contributed by atoms with Gasteiger partial charge in [0.2, 0.25) is 0 Å². The van der Waals surface area contributed by atoms with Gasteiger partial charge in [-0.1, -0.05) is 222 Å². The van der Waals surface area contributed by atoms with E-state index in [0.29, 0.717) is 12.8 Å². The van der Waals surface area contributed by atoms with Crippen molar-refractivity contribution < 1.29 is 28.6 Å². The molecule has 0 amide bonds. The van der Waals surface area contributed by atoms with Crippen LogP contribution in [0.4, 0.5) is 0 Å². The second kappa shape index (κ2) is 51.5. The topological polar surface area (TPSA) is 78.9 Å². The first kappa shape index (κ1) is 59.9. The summed E-state index contributed by atoms with van der Waals surface area (Å²) in [7, 11) is 0. The van der Waals surface area contributed by atoms with Gasteiger partial charge in [-0.15, -0.1) is 0 Å². The van der Waals surface area contributed by atoms with Gasteiger partial charge >= 0.3 is 17.9 Å². The molecule has 0 aromatic heterocycles. The van der Waals surface area contributed by atoms with E-state index in [0.717, 1.165) is 77.0 Å². The van der Waals surface area contributed by atoms with Crippen molar-refractivity contribution in [2.75, 3.05) is 13.2 Å². The molecule has 0 rings (SSSR count). The fraction of sp³-hybridized carbons (Fsp3) is 0.737. The lowest BCUT2D eigenvalue weighted by Crippen LogP contribution is -2.30. The molecular weight excluding hydrogens is 781 g/mol. The van der Waals surface area contributed by atoms with E-state index in [2.05, 4.69) is 93.7 Å². The molecule has 0 saturated carbocycles. The molecular formula is C57H98O6. The predicted octanol–water partition coefficient (Wildman–Crippen LogP) is 17.4. The minimum Gasteiger partial charge on any atom is -0.462 e. The van der Waals surface area contributed by atoms with Crippen LogP contribution in [0.25, 0.3) is 0 Å². The lowest BCUT2D eigenvalue weighted by molar-refractivity contribution is -0.167. The molecule has 0 spiro atoms. The van der Waals surface area contributed by atoms with Crippen molar-refractivity contribution in [3.63, 3.8) is 0 Å². The molecule has 0 heterocycles. The molecule has 0 aliphatic carbocycles. The van der Waals surface area contributed by atoms with Crippen LogP contribution in [0.15, 0.2) is 72.9 Å². The van der Waals surface area contributed by atoms with Crippen molar-refractivity contribution in [3.05, 3.63) is 72.9 Å². The Labute approximate surface area is 389 Å². The van der Waals surface area contributed by atoms with E-state index >= 15 is 0 Å². The minimum atomic E-state index is -0.809. The maximum absolute atomic E-state index is 12.8. The average Bonchev–Trinajstić information content (AvgIpc) is 3.28. The highest BCUT2D eigenvalue weighted by molar-refractivity contribution is 5.71. The van der Waals surface area contributed by atoms with Gasteiger partial charge < -0.3 is 14.2 Å². The molecule has 0 bridgehead atoms. The summed E-state index contributed by atoms with van der Waals surface area (Å²) in [5.41, 5.74) is 0. The van der Waals surface area contributed by atoms with Crippen molar-refractivity contribution >= 4 is 17.9 Å². The van der Waals surface area contributed by atoms with Gasteiger partial charge in [0.1, 0.15) is 13.2 Å². The van der Waals surface area contributed by atoms with Crippen LogP contribution in [0.5, 0.6) is 0 Å². The van der Waals surface area contributed by atoms with E-state index in [1.165, 1.54) is 128 Å². The average molecular weight is 879 g/mol. The Bertz CT molecular complexity index is 1190. The monoisotopic (exact) mass is 879 g/mol. The number of hydrogen-bond donors (Lipinski definition) is 0. The number of hydrogen-bond acceptors (Lipinski definition) is 6. The Morgan fingerprint density at radius 3 is 1.10 bits per heavy atom. The normalized spacial score (nSPS) is 12.6. The van der Waals surface area contributed by atoms with Gasteiger partial charge in [0.25, 0.3) is 0 Å². The Kier molecular flexibility index (Phi) is 48.9. The molecule has 0 fully saturated rings. The number of rotatable bonds is 47. The number of unbranched alkanes of at least 4 members (excludes halogenated alkanes) is 25. The highest BCUT2D eigenvalue weighted by Crippen LogP contribution is 2.14. The predicted molar refractivity (Wildman–Crippen MR) is 270 cm³/mol. The summed E-state index contributed by atoms with van der Waals surface area (Å²) >= 11 is 0. The van der Waals surface area contributed by atoms with Crippen LogP contribution in [-0.4, -0.2) is 37.2 Å². The summed E-state index contributed by atoms with van der Waals surface area (Å²) in [5, 5.41) is 0. The molecule has 0 aliphatic heterocycles.